The largest absolute Gasteiger partial charge is 0.383 e. The van der Waals surface area contributed by atoms with Crippen LogP contribution in [0, 0.1) is 13.8 Å². The first-order valence-electron chi connectivity index (χ1n) is 5.22. The molecule has 2 heteroatoms. The molecule has 0 aliphatic rings. The number of nitrogens with zero attached hydrogens (tertiary/aromatic N) is 1. The van der Waals surface area contributed by atoms with E-state index in [2.05, 4.69) is 37.0 Å². The van der Waals surface area contributed by atoms with Gasteiger partial charge >= 0.3 is 0 Å². The number of aliphatic imine (C=N–C) groups is 1. The Kier molecular flexibility index (Phi) is 4.50. The summed E-state index contributed by atoms with van der Waals surface area (Å²) in [6.45, 7) is 7.70. The Morgan fingerprint density at radius 2 is 2.00 bits per heavy atom. The molecule has 0 saturated heterocycles. The summed E-state index contributed by atoms with van der Waals surface area (Å²) in [5, 5.41) is 0. The minimum atomic E-state index is 0.683. The molecule has 0 heterocycles. The molecule has 82 valence electrons. The summed E-state index contributed by atoms with van der Waals surface area (Å²) in [6.07, 6.45) is 0. The third-order valence-electron chi connectivity index (χ3n) is 2.57. The second-order valence-electron chi connectivity index (χ2n) is 3.76. The standard InChI is InChI=1S/C13H19NO/c1-10-5-6-13(9-11(10)2)12(3)14-7-8-15-4/h5-6,9H,7-8H2,1-4H3. The summed E-state index contributed by atoms with van der Waals surface area (Å²) in [5.41, 5.74) is 4.92. The minimum absolute atomic E-state index is 0.683. The van der Waals surface area contributed by atoms with Crippen LogP contribution in [0.5, 0.6) is 0 Å². The van der Waals surface area contributed by atoms with E-state index in [1.807, 2.05) is 6.92 Å². The molecule has 0 saturated carbocycles. The molecule has 0 bridgehead atoms. The van der Waals surface area contributed by atoms with Gasteiger partial charge in [0, 0.05) is 12.8 Å². The molecule has 0 unspecified atom stereocenters. The Morgan fingerprint density at radius 3 is 2.60 bits per heavy atom. The molecule has 0 aliphatic carbocycles. The van der Waals surface area contributed by atoms with Crippen LogP contribution in [-0.2, 0) is 4.74 Å². The van der Waals surface area contributed by atoms with Crippen LogP contribution in [0.1, 0.15) is 23.6 Å². The van der Waals surface area contributed by atoms with E-state index < -0.39 is 0 Å². The maximum absolute atomic E-state index is 4.96. The molecule has 1 rings (SSSR count). The second kappa shape index (κ2) is 5.66. The van der Waals surface area contributed by atoms with E-state index in [-0.39, 0.29) is 0 Å². The molecule has 0 spiro atoms. The van der Waals surface area contributed by atoms with Gasteiger partial charge in [0.2, 0.25) is 0 Å². The number of rotatable bonds is 4. The highest BCUT2D eigenvalue weighted by Gasteiger charge is 1.99. The lowest BCUT2D eigenvalue weighted by atomic mass is 10.0. The monoisotopic (exact) mass is 205 g/mol. The molecule has 0 radical (unpaired) electrons. The normalized spacial score (nSPS) is 11.9. The zero-order chi connectivity index (χ0) is 11.3. The third kappa shape index (κ3) is 3.48. The van der Waals surface area contributed by atoms with Gasteiger partial charge < -0.3 is 4.74 Å². The number of aryl methyl sites for hydroxylation is 2. The van der Waals surface area contributed by atoms with E-state index >= 15 is 0 Å². The van der Waals surface area contributed by atoms with Gasteiger partial charge in [-0.15, -0.1) is 0 Å². The highest BCUT2D eigenvalue weighted by atomic mass is 16.5. The van der Waals surface area contributed by atoms with E-state index in [1.54, 1.807) is 7.11 Å². The van der Waals surface area contributed by atoms with Gasteiger partial charge in [0.05, 0.1) is 13.2 Å². The summed E-state index contributed by atoms with van der Waals surface area (Å²) in [7, 11) is 1.70. The molecule has 1 aromatic carbocycles. The van der Waals surface area contributed by atoms with E-state index in [0.717, 1.165) is 12.3 Å². The van der Waals surface area contributed by atoms with Crippen molar-refractivity contribution >= 4 is 5.71 Å². The lowest BCUT2D eigenvalue weighted by Crippen LogP contribution is -2.00. The highest BCUT2D eigenvalue weighted by molar-refractivity contribution is 5.98. The predicted molar refractivity (Wildman–Crippen MR) is 64.9 cm³/mol. The molecule has 15 heavy (non-hydrogen) atoms. The topological polar surface area (TPSA) is 21.6 Å². The molecule has 0 N–H and O–H groups in total. The second-order valence-corrected chi connectivity index (χ2v) is 3.76. The maximum atomic E-state index is 4.96. The van der Waals surface area contributed by atoms with Gasteiger partial charge in [-0.2, -0.15) is 0 Å². The van der Waals surface area contributed by atoms with Gasteiger partial charge in [0.25, 0.3) is 0 Å². The van der Waals surface area contributed by atoms with E-state index in [1.165, 1.54) is 16.7 Å². The van der Waals surface area contributed by atoms with Gasteiger partial charge in [-0.25, -0.2) is 0 Å². The van der Waals surface area contributed by atoms with Crippen LogP contribution >= 0.6 is 0 Å². The van der Waals surface area contributed by atoms with Gasteiger partial charge in [-0.1, -0.05) is 12.1 Å². The van der Waals surface area contributed by atoms with Crippen molar-refractivity contribution in [3.05, 3.63) is 34.9 Å². The van der Waals surface area contributed by atoms with E-state index in [4.69, 9.17) is 4.74 Å². The van der Waals surface area contributed by atoms with E-state index in [9.17, 15) is 0 Å². The van der Waals surface area contributed by atoms with Crippen LogP contribution in [0.4, 0.5) is 0 Å². The van der Waals surface area contributed by atoms with Crippen molar-refractivity contribution in [2.24, 2.45) is 4.99 Å². The molecule has 0 aliphatic heterocycles. The van der Waals surface area contributed by atoms with Crippen LogP contribution in [0.25, 0.3) is 0 Å². The van der Waals surface area contributed by atoms with Crippen molar-refractivity contribution in [3.8, 4) is 0 Å². The predicted octanol–water partition coefficient (Wildman–Crippen LogP) is 2.76. The fraction of sp³-hybridized carbons (Fsp3) is 0.462. The summed E-state index contributed by atoms with van der Waals surface area (Å²) >= 11 is 0. The maximum Gasteiger partial charge on any atom is 0.0658 e. The molecular formula is C13H19NO. The Hall–Kier alpha value is -1.15. The van der Waals surface area contributed by atoms with Crippen LogP contribution in [0.2, 0.25) is 0 Å². The molecule has 1 aromatic rings. The molecule has 2 nitrogen and oxygen atoms in total. The average molecular weight is 205 g/mol. The Labute approximate surface area is 92.0 Å². The molecule has 0 aromatic heterocycles. The van der Waals surface area contributed by atoms with Crippen molar-refractivity contribution < 1.29 is 4.74 Å². The number of methoxy groups -OCH3 is 1. The van der Waals surface area contributed by atoms with Gasteiger partial charge in [0.15, 0.2) is 0 Å². The number of hydrogen-bond donors (Lipinski definition) is 0. The first-order valence-corrected chi connectivity index (χ1v) is 5.22. The SMILES string of the molecule is COCCN=C(C)c1ccc(C)c(C)c1. The van der Waals surface area contributed by atoms with E-state index in [0.29, 0.717) is 6.61 Å². The summed E-state index contributed by atoms with van der Waals surface area (Å²) in [5.74, 6) is 0. The minimum Gasteiger partial charge on any atom is -0.383 e. The summed E-state index contributed by atoms with van der Waals surface area (Å²) < 4.78 is 4.96. The van der Waals surface area contributed by atoms with Crippen LogP contribution in [0.15, 0.2) is 23.2 Å². The smallest absolute Gasteiger partial charge is 0.0658 e. The van der Waals surface area contributed by atoms with Crippen molar-refractivity contribution in [3.63, 3.8) is 0 Å². The van der Waals surface area contributed by atoms with Crippen molar-refractivity contribution in [2.75, 3.05) is 20.3 Å². The third-order valence-corrected chi connectivity index (χ3v) is 2.57. The molecular weight excluding hydrogens is 186 g/mol. The molecule has 0 amide bonds. The highest BCUT2D eigenvalue weighted by Crippen LogP contribution is 2.10. The fourth-order valence-corrected chi connectivity index (χ4v) is 1.36. The van der Waals surface area contributed by atoms with Gasteiger partial charge in [0.1, 0.15) is 0 Å². The Morgan fingerprint density at radius 1 is 1.27 bits per heavy atom. The molecule has 0 atom stereocenters. The van der Waals surface area contributed by atoms with Crippen LogP contribution < -0.4 is 0 Å². The summed E-state index contributed by atoms with van der Waals surface area (Å²) in [6, 6.07) is 6.44. The zero-order valence-electron chi connectivity index (χ0n) is 10.0. The molecule has 0 fully saturated rings. The quantitative estimate of drug-likeness (QED) is 0.547. The van der Waals surface area contributed by atoms with Crippen molar-refractivity contribution in [1.82, 2.24) is 0 Å². The number of benzene rings is 1. The van der Waals surface area contributed by atoms with Gasteiger partial charge in [-0.05, 0) is 43.5 Å². The lowest BCUT2D eigenvalue weighted by Gasteiger charge is -2.05. The van der Waals surface area contributed by atoms with Gasteiger partial charge in [-0.3, -0.25) is 4.99 Å². The summed E-state index contributed by atoms with van der Waals surface area (Å²) in [4.78, 5) is 4.45. The Bertz CT molecular complexity index is 356. The van der Waals surface area contributed by atoms with Crippen molar-refractivity contribution in [1.29, 1.82) is 0 Å². The first-order chi connectivity index (χ1) is 7.15. The van der Waals surface area contributed by atoms with Crippen LogP contribution in [-0.4, -0.2) is 26.0 Å². The first kappa shape index (κ1) is 11.9. The zero-order valence-corrected chi connectivity index (χ0v) is 10.0. The average Bonchev–Trinajstić information content (AvgIpc) is 2.22. The lowest BCUT2D eigenvalue weighted by molar-refractivity contribution is 0.208. The fourth-order valence-electron chi connectivity index (χ4n) is 1.36. The van der Waals surface area contributed by atoms with Crippen molar-refractivity contribution in [2.45, 2.75) is 20.8 Å². The van der Waals surface area contributed by atoms with Crippen LogP contribution in [0.3, 0.4) is 0 Å². The number of hydrogen-bond acceptors (Lipinski definition) is 2. The number of ether oxygens (including phenoxy) is 1. The Balaban J connectivity index is 2.77.